The number of amides is 2. The number of piperidine rings is 1. The molecule has 178 valence electrons. The Bertz CT molecular complexity index is 1100. The van der Waals surface area contributed by atoms with E-state index in [2.05, 4.69) is 29.6 Å². The van der Waals surface area contributed by atoms with Crippen LogP contribution in [-0.2, 0) is 14.3 Å². The van der Waals surface area contributed by atoms with Gasteiger partial charge in [-0.2, -0.15) is 0 Å². The Kier molecular flexibility index (Phi) is 5.58. The zero-order chi connectivity index (χ0) is 24.0. The molecule has 2 aromatic rings. The first-order chi connectivity index (χ1) is 16.3. The van der Waals surface area contributed by atoms with Crippen molar-refractivity contribution < 1.29 is 24.2 Å². The second-order valence-corrected chi connectivity index (χ2v) is 9.95. The normalized spacial score (nSPS) is 23.5. The van der Waals surface area contributed by atoms with Gasteiger partial charge in [-0.1, -0.05) is 62.4 Å². The van der Waals surface area contributed by atoms with Crippen LogP contribution in [0.2, 0.25) is 0 Å². The summed E-state index contributed by atoms with van der Waals surface area (Å²) in [6.45, 7) is 4.24. The highest BCUT2D eigenvalue weighted by atomic mass is 16.5. The average molecular weight is 463 g/mol. The molecule has 2 aromatic carbocycles. The summed E-state index contributed by atoms with van der Waals surface area (Å²) in [6.07, 6.45) is 1.43. The Morgan fingerprint density at radius 1 is 1.09 bits per heavy atom. The number of likely N-dealkylation sites (tertiary alicyclic amines) is 1. The molecule has 2 fully saturated rings. The maximum atomic E-state index is 13.4. The number of fused-ring (bicyclic) bond motifs is 4. The van der Waals surface area contributed by atoms with Crippen LogP contribution in [0.4, 0.5) is 4.79 Å². The van der Waals surface area contributed by atoms with Crippen LogP contribution in [0.1, 0.15) is 50.2 Å². The molecule has 3 aliphatic rings. The van der Waals surface area contributed by atoms with Crippen LogP contribution >= 0.6 is 0 Å². The van der Waals surface area contributed by atoms with E-state index in [-0.39, 0.29) is 30.3 Å². The third-order valence-corrected chi connectivity index (χ3v) is 7.67. The van der Waals surface area contributed by atoms with Gasteiger partial charge in [-0.25, -0.2) is 9.59 Å². The summed E-state index contributed by atoms with van der Waals surface area (Å²) in [7, 11) is 0. The first-order valence-electron chi connectivity index (χ1n) is 12.0. The summed E-state index contributed by atoms with van der Waals surface area (Å²) in [6, 6.07) is 15.4. The summed E-state index contributed by atoms with van der Waals surface area (Å²) in [4.78, 5) is 39.7. The number of carboxylic acid groups (broad SMARTS) is 1. The van der Waals surface area contributed by atoms with Gasteiger partial charge in [0.15, 0.2) is 0 Å². The lowest BCUT2D eigenvalue weighted by Crippen LogP contribution is -2.59. The molecule has 5 rings (SSSR count). The van der Waals surface area contributed by atoms with Crippen molar-refractivity contribution in [1.29, 1.82) is 0 Å². The summed E-state index contributed by atoms with van der Waals surface area (Å²) >= 11 is 0. The van der Waals surface area contributed by atoms with E-state index in [0.29, 0.717) is 13.0 Å². The Labute approximate surface area is 199 Å². The fraction of sp³-hybridized carbons (Fsp3) is 0.444. The van der Waals surface area contributed by atoms with Crippen molar-refractivity contribution in [3.8, 4) is 11.1 Å². The van der Waals surface area contributed by atoms with E-state index in [0.717, 1.165) is 35.1 Å². The van der Waals surface area contributed by atoms with Crippen LogP contribution in [0.5, 0.6) is 0 Å². The molecule has 3 atom stereocenters. The summed E-state index contributed by atoms with van der Waals surface area (Å²) in [5.74, 6) is -1.57. The van der Waals surface area contributed by atoms with Gasteiger partial charge in [0.1, 0.15) is 18.2 Å². The van der Waals surface area contributed by atoms with Gasteiger partial charge < -0.3 is 20.1 Å². The second-order valence-electron chi connectivity index (χ2n) is 9.95. The van der Waals surface area contributed by atoms with E-state index in [9.17, 15) is 19.5 Å². The van der Waals surface area contributed by atoms with Gasteiger partial charge in [-0.15, -0.1) is 0 Å². The number of carbonyl (C=O) groups excluding carboxylic acids is 2. The minimum Gasteiger partial charge on any atom is -0.479 e. The van der Waals surface area contributed by atoms with Crippen LogP contribution in [0.25, 0.3) is 11.1 Å². The van der Waals surface area contributed by atoms with Crippen LogP contribution in [0.15, 0.2) is 48.5 Å². The molecule has 2 unspecified atom stereocenters. The largest absolute Gasteiger partial charge is 0.479 e. The number of aliphatic carboxylic acids is 1. The van der Waals surface area contributed by atoms with Crippen molar-refractivity contribution in [2.75, 3.05) is 13.2 Å². The molecule has 2 aliphatic carbocycles. The van der Waals surface area contributed by atoms with Crippen molar-refractivity contribution in [1.82, 2.24) is 10.2 Å². The first-order valence-corrected chi connectivity index (χ1v) is 12.0. The van der Waals surface area contributed by atoms with E-state index in [4.69, 9.17) is 4.74 Å². The zero-order valence-electron chi connectivity index (χ0n) is 19.5. The van der Waals surface area contributed by atoms with Gasteiger partial charge in [0, 0.05) is 12.5 Å². The summed E-state index contributed by atoms with van der Waals surface area (Å²) in [5.41, 5.74) is 3.41. The van der Waals surface area contributed by atoms with Gasteiger partial charge in [0.25, 0.3) is 0 Å². The first kappa shape index (κ1) is 22.4. The molecule has 0 spiro atoms. The minimum atomic E-state index is -1.11. The topological polar surface area (TPSA) is 95.9 Å². The molecule has 1 saturated heterocycles. The minimum absolute atomic E-state index is 0.00460. The molecule has 1 aliphatic heterocycles. The predicted octanol–water partition coefficient (Wildman–Crippen LogP) is 4.02. The molecule has 7 nitrogen and oxygen atoms in total. The average Bonchev–Trinajstić information content (AvgIpc) is 3.51. The lowest BCUT2D eigenvalue weighted by Gasteiger charge is -2.37. The standard InChI is InChI=1S/C27H30N2O5/c1-16(2)23(24(30)29-13-7-8-17-14-27(17,29)25(31)32)28-26(33)34-15-22-20-11-5-3-9-18(20)19-10-4-6-12-21(19)22/h3-6,9-12,16-17,22-23H,7-8,13-15H2,1-2H3,(H,28,33)(H,31,32)/t17?,23-,27?/m1/s1. The van der Waals surface area contributed by atoms with Crippen LogP contribution < -0.4 is 5.32 Å². The monoisotopic (exact) mass is 462 g/mol. The number of ether oxygens (including phenoxy) is 1. The third kappa shape index (κ3) is 3.54. The molecule has 0 aromatic heterocycles. The molecule has 7 heteroatoms. The number of nitrogens with zero attached hydrogens (tertiary/aromatic N) is 1. The number of benzene rings is 2. The molecular weight excluding hydrogens is 432 g/mol. The second kappa shape index (κ2) is 8.46. The predicted molar refractivity (Wildman–Crippen MR) is 126 cm³/mol. The number of hydrogen-bond donors (Lipinski definition) is 2. The molecule has 2 N–H and O–H groups in total. The molecule has 1 heterocycles. The molecule has 34 heavy (non-hydrogen) atoms. The highest BCUT2D eigenvalue weighted by molar-refractivity contribution is 5.94. The smallest absolute Gasteiger partial charge is 0.407 e. The molecule has 0 radical (unpaired) electrons. The van der Waals surface area contributed by atoms with Crippen molar-refractivity contribution >= 4 is 18.0 Å². The summed E-state index contributed by atoms with van der Waals surface area (Å²) in [5, 5.41) is 12.6. The fourth-order valence-corrected chi connectivity index (χ4v) is 5.82. The van der Waals surface area contributed by atoms with Gasteiger partial charge in [-0.3, -0.25) is 4.79 Å². The van der Waals surface area contributed by atoms with Crippen LogP contribution in [0, 0.1) is 11.8 Å². The molecule has 0 bridgehead atoms. The number of alkyl carbamates (subject to hydrolysis) is 1. The van der Waals surface area contributed by atoms with E-state index in [1.54, 1.807) is 0 Å². The Hall–Kier alpha value is -3.35. The number of rotatable bonds is 6. The Morgan fingerprint density at radius 3 is 2.29 bits per heavy atom. The van der Waals surface area contributed by atoms with Crippen LogP contribution in [-0.4, -0.2) is 52.7 Å². The Balaban J connectivity index is 1.28. The van der Waals surface area contributed by atoms with Gasteiger partial charge in [-0.05, 0) is 53.4 Å². The highest BCUT2D eigenvalue weighted by Gasteiger charge is 2.67. The zero-order valence-corrected chi connectivity index (χ0v) is 19.5. The molecular formula is C27H30N2O5. The van der Waals surface area contributed by atoms with Crippen molar-refractivity contribution in [2.45, 2.75) is 50.6 Å². The van der Waals surface area contributed by atoms with Gasteiger partial charge in [0.05, 0.1) is 0 Å². The summed E-state index contributed by atoms with van der Waals surface area (Å²) < 4.78 is 5.63. The van der Waals surface area contributed by atoms with E-state index < -0.39 is 23.6 Å². The van der Waals surface area contributed by atoms with E-state index in [1.807, 2.05) is 38.1 Å². The lowest BCUT2D eigenvalue weighted by atomic mass is 9.97. The van der Waals surface area contributed by atoms with E-state index >= 15 is 0 Å². The highest BCUT2D eigenvalue weighted by Crippen LogP contribution is 2.54. The molecule has 1 saturated carbocycles. The number of carboxylic acids is 1. The third-order valence-electron chi connectivity index (χ3n) is 7.67. The number of hydrogen-bond acceptors (Lipinski definition) is 4. The van der Waals surface area contributed by atoms with Crippen LogP contribution in [0.3, 0.4) is 0 Å². The van der Waals surface area contributed by atoms with Gasteiger partial charge in [0.2, 0.25) is 5.91 Å². The number of carbonyl (C=O) groups is 3. The van der Waals surface area contributed by atoms with E-state index in [1.165, 1.54) is 4.90 Å². The maximum Gasteiger partial charge on any atom is 0.407 e. The lowest BCUT2D eigenvalue weighted by molar-refractivity contribution is -0.156. The van der Waals surface area contributed by atoms with Crippen molar-refractivity contribution in [3.05, 3.63) is 59.7 Å². The Morgan fingerprint density at radius 2 is 1.71 bits per heavy atom. The number of nitrogens with one attached hydrogen (secondary N) is 1. The quantitative estimate of drug-likeness (QED) is 0.676. The van der Waals surface area contributed by atoms with Crippen molar-refractivity contribution in [2.24, 2.45) is 11.8 Å². The fourth-order valence-electron chi connectivity index (χ4n) is 5.82. The SMILES string of the molecule is CC(C)[C@@H](NC(=O)OCC1c2ccccc2-c2ccccc21)C(=O)N1CCCC2CC21C(=O)O. The maximum absolute atomic E-state index is 13.4. The molecule has 2 amide bonds. The van der Waals surface area contributed by atoms with Crippen molar-refractivity contribution in [3.63, 3.8) is 0 Å². The van der Waals surface area contributed by atoms with Gasteiger partial charge >= 0.3 is 12.1 Å².